The van der Waals surface area contributed by atoms with Crippen molar-refractivity contribution in [3.8, 4) is 5.69 Å². The van der Waals surface area contributed by atoms with Gasteiger partial charge in [0.05, 0.1) is 45.9 Å². The van der Waals surface area contributed by atoms with Gasteiger partial charge >= 0.3 is 6.18 Å². The summed E-state index contributed by atoms with van der Waals surface area (Å²) in [6, 6.07) is 1.86. The predicted molar refractivity (Wildman–Crippen MR) is 124 cm³/mol. The van der Waals surface area contributed by atoms with Gasteiger partial charge in [0.2, 0.25) is 0 Å². The summed E-state index contributed by atoms with van der Waals surface area (Å²) in [5.41, 5.74) is -0.915. The van der Waals surface area contributed by atoms with Crippen LogP contribution in [0.1, 0.15) is 31.0 Å². The second-order valence-electron chi connectivity index (χ2n) is 9.20. The molecule has 1 atom stereocenters. The Hall–Kier alpha value is -2.61. The van der Waals surface area contributed by atoms with Gasteiger partial charge in [-0.05, 0) is 33.2 Å². The van der Waals surface area contributed by atoms with Crippen LogP contribution < -0.4 is 10.5 Å². The number of hydrogen-bond acceptors (Lipinski definition) is 9. The largest absolute Gasteiger partial charge is 0.416 e. The van der Waals surface area contributed by atoms with Crippen LogP contribution in [0.5, 0.6) is 0 Å². The molecular formula is C22H25F3N6O3S. The number of piperidine rings is 1. The zero-order valence-corrected chi connectivity index (χ0v) is 20.3. The van der Waals surface area contributed by atoms with Gasteiger partial charge in [-0.3, -0.25) is 4.79 Å². The number of halogens is 3. The minimum absolute atomic E-state index is 0.0295. The van der Waals surface area contributed by atoms with Crippen LogP contribution in [0, 0.1) is 0 Å². The Bertz CT molecular complexity index is 1300. The Balaban J connectivity index is 1.56. The van der Waals surface area contributed by atoms with Crippen LogP contribution in [0.15, 0.2) is 23.1 Å². The third kappa shape index (κ3) is 4.77. The highest BCUT2D eigenvalue weighted by atomic mass is 32.1. The van der Waals surface area contributed by atoms with E-state index in [1.54, 1.807) is 6.20 Å². The third-order valence-electron chi connectivity index (χ3n) is 6.08. The normalized spacial score (nSPS) is 20.4. The van der Waals surface area contributed by atoms with E-state index in [-0.39, 0.29) is 17.2 Å². The van der Waals surface area contributed by atoms with Gasteiger partial charge in [0.15, 0.2) is 10.9 Å². The van der Waals surface area contributed by atoms with Gasteiger partial charge < -0.3 is 19.3 Å². The second kappa shape index (κ2) is 8.80. The molecule has 2 aromatic heterocycles. The van der Waals surface area contributed by atoms with Gasteiger partial charge in [-0.2, -0.15) is 18.2 Å². The smallest absolute Gasteiger partial charge is 0.348 e. The van der Waals surface area contributed by atoms with E-state index in [9.17, 15) is 18.0 Å². The lowest BCUT2D eigenvalue weighted by Crippen LogP contribution is -2.45. The van der Waals surface area contributed by atoms with Crippen molar-refractivity contribution in [2.24, 2.45) is 0 Å². The monoisotopic (exact) mass is 510 g/mol. The lowest BCUT2D eigenvalue weighted by Gasteiger charge is -2.38. The first kappa shape index (κ1) is 24.1. The standard InChI is InChI=1S/C22H25F3N6O3S/c1-13-12-33-21(34-13)4-6-30(7-5-21)20-26-19(32)16-8-14(22(23,24)25)9-17(18(16)35-20)31-11-15(27-28-31)10-29(2)3/h8-9,11,13H,4-7,10,12H2,1-3H3/t13-/m0/s1. The molecule has 2 aliphatic heterocycles. The van der Waals surface area contributed by atoms with Crippen LogP contribution in [0.25, 0.3) is 15.8 Å². The molecule has 2 saturated heterocycles. The van der Waals surface area contributed by atoms with Gasteiger partial charge in [0.1, 0.15) is 0 Å². The Morgan fingerprint density at radius 1 is 1.26 bits per heavy atom. The fraction of sp³-hybridized carbons (Fsp3) is 0.545. The minimum atomic E-state index is -4.63. The van der Waals surface area contributed by atoms with Crippen molar-refractivity contribution in [1.29, 1.82) is 0 Å². The van der Waals surface area contributed by atoms with Crippen LogP contribution in [-0.2, 0) is 22.2 Å². The second-order valence-corrected chi connectivity index (χ2v) is 10.2. The van der Waals surface area contributed by atoms with Crippen molar-refractivity contribution in [1.82, 2.24) is 24.9 Å². The number of fused-ring (bicyclic) bond motifs is 1. The maximum Gasteiger partial charge on any atom is 0.416 e. The van der Waals surface area contributed by atoms with Crippen LogP contribution in [-0.4, -0.2) is 70.6 Å². The summed E-state index contributed by atoms with van der Waals surface area (Å²) in [5.74, 6) is -0.617. The average Bonchev–Trinajstić information content (AvgIpc) is 3.39. The lowest BCUT2D eigenvalue weighted by atomic mass is 10.0. The van der Waals surface area contributed by atoms with Gasteiger partial charge in [-0.1, -0.05) is 16.6 Å². The fourth-order valence-corrected chi connectivity index (χ4v) is 5.56. The van der Waals surface area contributed by atoms with Crippen molar-refractivity contribution in [3.63, 3.8) is 0 Å². The molecule has 2 fully saturated rings. The van der Waals surface area contributed by atoms with Crippen LogP contribution >= 0.6 is 11.3 Å². The van der Waals surface area contributed by atoms with Gasteiger partial charge in [0, 0.05) is 32.5 Å². The molecule has 0 amide bonds. The van der Waals surface area contributed by atoms with Crippen molar-refractivity contribution < 1.29 is 22.6 Å². The van der Waals surface area contributed by atoms with E-state index in [1.165, 1.54) is 16.0 Å². The maximum atomic E-state index is 13.7. The van der Waals surface area contributed by atoms with E-state index in [4.69, 9.17) is 9.47 Å². The highest BCUT2D eigenvalue weighted by Gasteiger charge is 2.43. The van der Waals surface area contributed by atoms with E-state index in [2.05, 4.69) is 15.3 Å². The summed E-state index contributed by atoms with van der Waals surface area (Å²) in [4.78, 5) is 20.9. The van der Waals surface area contributed by atoms with E-state index in [0.717, 1.165) is 12.1 Å². The molecule has 3 aromatic rings. The molecular weight excluding hydrogens is 485 g/mol. The zero-order valence-electron chi connectivity index (χ0n) is 19.5. The molecule has 35 heavy (non-hydrogen) atoms. The highest BCUT2D eigenvalue weighted by Crippen LogP contribution is 2.39. The first-order valence-electron chi connectivity index (χ1n) is 11.2. The van der Waals surface area contributed by atoms with Crippen LogP contribution in [0.2, 0.25) is 0 Å². The molecule has 1 spiro atoms. The Morgan fingerprint density at radius 2 is 2.00 bits per heavy atom. The summed E-state index contributed by atoms with van der Waals surface area (Å²) in [6.45, 7) is 4.07. The zero-order chi connectivity index (χ0) is 25.0. The number of rotatable bonds is 4. The van der Waals surface area contributed by atoms with E-state index in [1.807, 2.05) is 30.8 Å². The molecule has 9 nitrogen and oxygen atoms in total. The lowest BCUT2D eigenvalue weighted by molar-refractivity contribution is -0.178. The highest BCUT2D eigenvalue weighted by molar-refractivity contribution is 7.22. The summed E-state index contributed by atoms with van der Waals surface area (Å²) in [6.07, 6.45) is -1.82. The summed E-state index contributed by atoms with van der Waals surface area (Å²) in [7, 11) is 3.71. The molecule has 0 radical (unpaired) electrons. The Labute approximate surface area is 203 Å². The van der Waals surface area contributed by atoms with Crippen molar-refractivity contribution in [3.05, 3.63) is 39.9 Å². The molecule has 4 heterocycles. The van der Waals surface area contributed by atoms with Crippen molar-refractivity contribution in [2.45, 2.75) is 44.4 Å². The predicted octanol–water partition coefficient (Wildman–Crippen LogP) is 3.05. The van der Waals surface area contributed by atoms with Gasteiger partial charge in [-0.25, -0.2) is 4.68 Å². The topological polar surface area (TPSA) is 85.6 Å². The summed E-state index contributed by atoms with van der Waals surface area (Å²) in [5, 5.41) is 8.47. The number of alkyl halides is 3. The number of hydrogen-bond donors (Lipinski definition) is 0. The third-order valence-corrected chi connectivity index (χ3v) is 7.24. The molecule has 0 aliphatic carbocycles. The Morgan fingerprint density at radius 3 is 2.63 bits per heavy atom. The molecule has 5 rings (SSSR count). The van der Waals surface area contributed by atoms with Gasteiger partial charge in [-0.15, -0.1) is 5.10 Å². The van der Waals surface area contributed by atoms with Gasteiger partial charge in [0.25, 0.3) is 5.56 Å². The van der Waals surface area contributed by atoms with Crippen LogP contribution in [0.4, 0.5) is 18.3 Å². The fourth-order valence-electron chi connectivity index (χ4n) is 4.43. The maximum absolute atomic E-state index is 13.7. The quantitative estimate of drug-likeness (QED) is 0.530. The summed E-state index contributed by atoms with van der Waals surface area (Å²) < 4.78 is 54.5. The summed E-state index contributed by atoms with van der Waals surface area (Å²) >= 11 is 1.17. The number of benzene rings is 1. The number of nitrogens with zero attached hydrogens (tertiary/aromatic N) is 6. The SMILES string of the molecule is C[C@H]1COC2(CCN(c3nc(=O)c4cc(C(F)(F)F)cc(-n5cc(CN(C)C)nn5)c4s3)CC2)O1. The molecule has 0 unspecified atom stereocenters. The molecule has 0 N–H and O–H groups in total. The Kier molecular flexibility index (Phi) is 6.06. The molecule has 13 heteroatoms. The number of aromatic nitrogens is 4. The number of ether oxygens (including phenoxy) is 2. The molecule has 188 valence electrons. The number of anilines is 1. The average molecular weight is 511 g/mol. The van der Waals surface area contributed by atoms with Crippen molar-refractivity contribution >= 4 is 26.6 Å². The van der Waals surface area contributed by atoms with Crippen molar-refractivity contribution in [2.75, 3.05) is 38.7 Å². The molecule has 1 aromatic carbocycles. The van der Waals surface area contributed by atoms with E-state index < -0.39 is 23.1 Å². The minimum Gasteiger partial charge on any atom is -0.348 e. The van der Waals surface area contributed by atoms with E-state index in [0.29, 0.717) is 54.6 Å². The first-order chi connectivity index (χ1) is 16.5. The molecule has 2 aliphatic rings. The van der Waals surface area contributed by atoms with E-state index >= 15 is 0 Å². The first-order valence-corrected chi connectivity index (χ1v) is 12.0. The molecule has 0 saturated carbocycles. The molecule has 0 bridgehead atoms. The van der Waals surface area contributed by atoms with Crippen LogP contribution in [0.3, 0.4) is 0 Å².